The van der Waals surface area contributed by atoms with Gasteiger partial charge in [-0.15, -0.1) is 11.8 Å². The van der Waals surface area contributed by atoms with Gasteiger partial charge in [0.05, 0.1) is 20.5 Å². The summed E-state index contributed by atoms with van der Waals surface area (Å²) in [6.45, 7) is 0. The van der Waals surface area contributed by atoms with Gasteiger partial charge in [0, 0.05) is 31.7 Å². The Balaban J connectivity index is 1.76. The number of benzene rings is 2. The fourth-order valence-corrected chi connectivity index (χ4v) is 4.51. The van der Waals surface area contributed by atoms with E-state index in [2.05, 4.69) is 10.3 Å². The van der Waals surface area contributed by atoms with Crippen LogP contribution in [-0.4, -0.2) is 37.7 Å². The van der Waals surface area contributed by atoms with Crippen LogP contribution in [0.3, 0.4) is 0 Å². The molecule has 1 aromatic heterocycles. The van der Waals surface area contributed by atoms with Crippen LogP contribution in [-0.2, 0) is 15.8 Å². The summed E-state index contributed by atoms with van der Waals surface area (Å²) < 4.78 is 25.8. The fraction of sp³-hybridized carbons (Fsp3) is 0.143. The van der Waals surface area contributed by atoms with E-state index in [-0.39, 0.29) is 15.5 Å². The average molecular weight is 462 g/mol. The summed E-state index contributed by atoms with van der Waals surface area (Å²) >= 11 is 7.75. The van der Waals surface area contributed by atoms with Crippen LogP contribution in [0.25, 0.3) is 0 Å². The van der Waals surface area contributed by atoms with E-state index in [1.54, 1.807) is 24.0 Å². The molecule has 1 heterocycles. The third kappa shape index (κ3) is 5.40. The van der Waals surface area contributed by atoms with Crippen LogP contribution in [0.5, 0.6) is 0 Å². The van der Waals surface area contributed by atoms with Crippen molar-refractivity contribution in [2.75, 3.05) is 19.4 Å². The van der Waals surface area contributed by atoms with E-state index in [1.165, 1.54) is 32.3 Å². The zero-order valence-electron chi connectivity index (χ0n) is 16.4. The van der Waals surface area contributed by atoms with Crippen LogP contribution < -0.4 is 5.32 Å². The number of thioether (sulfide) groups is 1. The van der Waals surface area contributed by atoms with Gasteiger partial charge < -0.3 is 5.32 Å². The maximum Gasteiger partial charge on any atom is 0.257 e. The predicted molar refractivity (Wildman–Crippen MR) is 121 cm³/mol. The van der Waals surface area contributed by atoms with Gasteiger partial charge in [0.2, 0.25) is 10.0 Å². The number of hydrogen-bond acceptors (Lipinski definition) is 5. The van der Waals surface area contributed by atoms with Crippen LogP contribution in [0.1, 0.15) is 15.9 Å². The van der Waals surface area contributed by atoms with Gasteiger partial charge in [-0.2, -0.15) is 0 Å². The lowest BCUT2D eigenvalue weighted by atomic mass is 10.2. The van der Waals surface area contributed by atoms with Crippen molar-refractivity contribution in [1.29, 1.82) is 0 Å². The fourth-order valence-electron chi connectivity index (χ4n) is 2.58. The Morgan fingerprint density at radius 1 is 1.10 bits per heavy atom. The molecule has 0 fully saturated rings. The third-order valence-electron chi connectivity index (χ3n) is 4.17. The quantitative estimate of drug-likeness (QED) is 0.523. The number of nitrogens with zero attached hydrogens (tertiary/aromatic N) is 2. The Kier molecular flexibility index (Phi) is 7.14. The van der Waals surface area contributed by atoms with Crippen LogP contribution in [0.4, 0.5) is 5.69 Å². The zero-order chi connectivity index (χ0) is 21.7. The van der Waals surface area contributed by atoms with Crippen molar-refractivity contribution in [3.05, 3.63) is 83.0 Å². The molecule has 156 valence electrons. The van der Waals surface area contributed by atoms with Crippen LogP contribution in [0.15, 0.2) is 76.8 Å². The van der Waals surface area contributed by atoms with Gasteiger partial charge in [-0.1, -0.05) is 29.8 Å². The van der Waals surface area contributed by atoms with E-state index >= 15 is 0 Å². The summed E-state index contributed by atoms with van der Waals surface area (Å²) in [7, 11) is -0.819. The molecule has 0 saturated heterocycles. The molecule has 0 saturated carbocycles. The first-order valence-corrected chi connectivity index (χ1v) is 11.7. The highest BCUT2D eigenvalue weighted by atomic mass is 35.5. The van der Waals surface area contributed by atoms with Crippen molar-refractivity contribution >= 4 is 45.0 Å². The number of hydrogen-bond donors (Lipinski definition) is 1. The van der Waals surface area contributed by atoms with Gasteiger partial charge in [0.15, 0.2) is 0 Å². The van der Waals surface area contributed by atoms with Gasteiger partial charge in [0.25, 0.3) is 5.91 Å². The first-order chi connectivity index (χ1) is 14.3. The summed E-state index contributed by atoms with van der Waals surface area (Å²) in [5.41, 5.74) is 1.70. The van der Waals surface area contributed by atoms with Crippen molar-refractivity contribution in [3.63, 3.8) is 0 Å². The Labute approximate surface area is 185 Å². The molecule has 0 aliphatic carbocycles. The first-order valence-electron chi connectivity index (χ1n) is 8.93. The van der Waals surface area contributed by atoms with Crippen molar-refractivity contribution in [2.45, 2.75) is 15.7 Å². The monoisotopic (exact) mass is 461 g/mol. The second kappa shape index (κ2) is 9.61. The van der Waals surface area contributed by atoms with E-state index in [0.717, 1.165) is 14.9 Å². The molecule has 0 unspecified atom stereocenters. The molecule has 3 rings (SSSR count). The molecule has 0 radical (unpaired) electrons. The zero-order valence-corrected chi connectivity index (χ0v) is 18.8. The molecule has 2 aromatic carbocycles. The third-order valence-corrected chi connectivity index (χ3v) is 7.33. The SMILES string of the molecule is CN(C)S(=O)(=O)c1ccc(Cl)c(C(=O)Nc2cccc(CSc3ccccn3)c2)c1. The number of aromatic nitrogens is 1. The number of carbonyl (C=O) groups is 1. The Hall–Kier alpha value is -2.39. The highest BCUT2D eigenvalue weighted by molar-refractivity contribution is 7.98. The van der Waals surface area contributed by atoms with Gasteiger partial charge in [-0.05, 0) is 48.0 Å². The van der Waals surface area contributed by atoms with Crippen LogP contribution in [0.2, 0.25) is 5.02 Å². The number of rotatable bonds is 7. The smallest absolute Gasteiger partial charge is 0.257 e. The number of sulfonamides is 1. The predicted octanol–water partition coefficient (Wildman–Crippen LogP) is 4.53. The molecule has 1 amide bonds. The minimum atomic E-state index is -3.68. The lowest BCUT2D eigenvalue weighted by Crippen LogP contribution is -2.23. The molecule has 0 bridgehead atoms. The summed E-state index contributed by atoms with van der Waals surface area (Å²) in [5.74, 6) is 0.211. The number of amides is 1. The van der Waals surface area contributed by atoms with Crippen LogP contribution >= 0.6 is 23.4 Å². The maximum absolute atomic E-state index is 12.8. The summed E-state index contributed by atoms with van der Waals surface area (Å²) in [5, 5.41) is 3.88. The topological polar surface area (TPSA) is 79.4 Å². The number of carbonyl (C=O) groups excluding carboxylic acids is 1. The van der Waals surface area contributed by atoms with Gasteiger partial charge in [-0.25, -0.2) is 17.7 Å². The highest BCUT2D eigenvalue weighted by Crippen LogP contribution is 2.25. The molecule has 30 heavy (non-hydrogen) atoms. The van der Waals surface area contributed by atoms with Gasteiger partial charge >= 0.3 is 0 Å². The summed E-state index contributed by atoms with van der Waals surface area (Å²) in [6.07, 6.45) is 1.74. The molecule has 0 atom stereocenters. The highest BCUT2D eigenvalue weighted by Gasteiger charge is 2.21. The van der Waals surface area contributed by atoms with E-state index < -0.39 is 15.9 Å². The second-order valence-corrected chi connectivity index (χ2v) is 10.1. The van der Waals surface area contributed by atoms with Crippen molar-refractivity contribution < 1.29 is 13.2 Å². The lowest BCUT2D eigenvalue weighted by molar-refractivity contribution is 0.102. The number of nitrogens with one attached hydrogen (secondary N) is 1. The number of anilines is 1. The molecular formula is C21H20ClN3O3S2. The van der Waals surface area contributed by atoms with Gasteiger partial charge in [-0.3, -0.25) is 4.79 Å². The van der Waals surface area contributed by atoms with Crippen LogP contribution in [0, 0.1) is 0 Å². The number of pyridine rings is 1. The lowest BCUT2D eigenvalue weighted by Gasteiger charge is -2.13. The van der Waals surface area contributed by atoms with E-state index in [9.17, 15) is 13.2 Å². The summed E-state index contributed by atoms with van der Waals surface area (Å²) in [4.78, 5) is 17.0. The first kappa shape index (κ1) is 22.3. The van der Waals surface area contributed by atoms with E-state index in [4.69, 9.17) is 11.6 Å². The molecular weight excluding hydrogens is 442 g/mol. The second-order valence-electron chi connectivity index (χ2n) is 6.54. The van der Waals surface area contributed by atoms with Gasteiger partial charge in [0.1, 0.15) is 0 Å². The molecule has 6 nitrogen and oxygen atoms in total. The minimum absolute atomic E-state index is 0.00237. The van der Waals surface area contributed by atoms with Crippen molar-refractivity contribution in [1.82, 2.24) is 9.29 Å². The molecule has 9 heteroatoms. The average Bonchev–Trinajstić information content (AvgIpc) is 2.73. The molecule has 1 N–H and O–H groups in total. The Morgan fingerprint density at radius 2 is 1.90 bits per heavy atom. The minimum Gasteiger partial charge on any atom is -0.322 e. The molecule has 0 spiro atoms. The maximum atomic E-state index is 12.8. The Morgan fingerprint density at radius 3 is 2.60 bits per heavy atom. The molecule has 3 aromatic rings. The molecule has 0 aliphatic rings. The van der Waals surface area contributed by atoms with E-state index in [1.807, 2.05) is 36.4 Å². The number of halogens is 1. The Bertz CT molecular complexity index is 1150. The van der Waals surface area contributed by atoms with Crippen molar-refractivity contribution in [2.24, 2.45) is 0 Å². The van der Waals surface area contributed by atoms with Crippen molar-refractivity contribution in [3.8, 4) is 0 Å². The largest absolute Gasteiger partial charge is 0.322 e. The molecule has 0 aliphatic heterocycles. The standard InChI is InChI=1S/C21H20ClN3O3S2/c1-25(2)30(27,28)17-9-10-19(22)18(13-17)21(26)24-16-7-5-6-15(12-16)14-29-20-8-3-4-11-23-20/h3-13H,14H2,1-2H3,(H,24,26). The normalized spacial score (nSPS) is 11.5. The summed E-state index contributed by atoms with van der Waals surface area (Å²) in [6, 6.07) is 17.2. The van der Waals surface area contributed by atoms with E-state index in [0.29, 0.717) is 11.4 Å².